The highest BCUT2D eigenvalue weighted by molar-refractivity contribution is 6.53. The number of likely N-dealkylation sites (tertiary alicyclic amines) is 1. The number of hydrazone groups is 1. The van der Waals surface area contributed by atoms with Crippen LogP contribution in [0.15, 0.2) is 29.4 Å². The van der Waals surface area contributed by atoms with Crippen molar-refractivity contribution in [1.29, 1.82) is 0 Å². The summed E-state index contributed by atoms with van der Waals surface area (Å²) in [7, 11) is 0. The monoisotopic (exact) mass is 425 g/mol. The molecule has 5 nitrogen and oxygen atoms in total. The Labute approximate surface area is 177 Å². The van der Waals surface area contributed by atoms with E-state index in [1.54, 1.807) is 6.92 Å². The molecule has 1 atom stereocenters. The molecule has 2 fully saturated rings. The second-order valence-electron chi connectivity index (χ2n) is 7.84. The maximum atomic E-state index is 12.3. The summed E-state index contributed by atoms with van der Waals surface area (Å²) < 4.78 is 4.88. The van der Waals surface area contributed by atoms with Gasteiger partial charge in [0.15, 0.2) is 0 Å². The fraction of sp³-hybridized carbons (Fsp3) is 0.619. The molecule has 1 heterocycles. The number of carbonyl (C=O) groups is 1. The molecule has 0 radical (unpaired) electrons. The summed E-state index contributed by atoms with van der Waals surface area (Å²) in [4.78, 5) is 14.7. The highest BCUT2D eigenvalue weighted by atomic mass is 35.5. The number of alkyl halides is 2. The maximum Gasteiger partial charge on any atom is 0.249 e. The molecule has 1 saturated carbocycles. The molecule has 0 bridgehead atoms. The zero-order chi connectivity index (χ0) is 20.2. The summed E-state index contributed by atoms with van der Waals surface area (Å²) in [5.41, 5.74) is 3.60. The minimum absolute atomic E-state index is 0.249. The van der Waals surface area contributed by atoms with Gasteiger partial charge in [-0.2, -0.15) is 5.10 Å². The molecular weight excluding hydrogens is 397 g/mol. The van der Waals surface area contributed by atoms with E-state index < -0.39 is 9.75 Å². The Morgan fingerprint density at radius 2 is 1.86 bits per heavy atom. The Hall–Kier alpha value is -1.30. The van der Waals surface area contributed by atoms with Crippen LogP contribution in [0, 0.1) is 5.41 Å². The molecule has 0 spiro atoms. The van der Waals surface area contributed by atoms with E-state index in [1.807, 2.05) is 31.2 Å². The number of nitrogens with one attached hydrogen (secondary N) is 1. The molecule has 1 aromatic carbocycles. The van der Waals surface area contributed by atoms with Gasteiger partial charge in [-0.15, -0.1) is 23.2 Å². The van der Waals surface area contributed by atoms with Crippen molar-refractivity contribution in [1.82, 2.24) is 10.3 Å². The lowest BCUT2D eigenvalue weighted by molar-refractivity contribution is -0.125. The van der Waals surface area contributed by atoms with E-state index in [0.29, 0.717) is 19.4 Å². The number of piperidine rings is 1. The molecule has 1 unspecified atom stereocenters. The van der Waals surface area contributed by atoms with E-state index in [-0.39, 0.29) is 5.91 Å². The summed E-state index contributed by atoms with van der Waals surface area (Å²) >= 11 is 12.1. The number of nitrogens with zero attached hydrogens (tertiary/aromatic N) is 2. The number of hydrogen-bond acceptors (Lipinski definition) is 4. The zero-order valence-electron chi connectivity index (χ0n) is 16.6. The Morgan fingerprint density at radius 1 is 1.21 bits per heavy atom. The predicted octanol–water partition coefficient (Wildman–Crippen LogP) is 4.37. The molecular formula is C21H29Cl2N3O2. The van der Waals surface area contributed by atoms with Crippen LogP contribution in [-0.2, 0) is 4.79 Å². The van der Waals surface area contributed by atoms with Crippen LogP contribution in [0.3, 0.4) is 0 Å². The molecule has 1 aliphatic heterocycles. The maximum absolute atomic E-state index is 12.3. The highest BCUT2D eigenvalue weighted by Gasteiger charge is 2.68. The first-order valence-corrected chi connectivity index (χ1v) is 10.8. The van der Waals surface area contributed by atoms with Gasteiger partial charge >= 0.3 is 0 Å². The van der Waals surface area contributed by atoms with E-state index in [1.165, 1.54) is 32.4 Å². The van der Waals surface area contributed by atoms with Crippen LogP contribution in [0.25, 0.3) is 0 Å². The van der Waals surface area contributed by atoms with E-state index >= 15 is 0 Å². The van der Waals surface area contributed by atoms with Gasteiger partial charge < -0.3 is 4.74 Å². The number of carbonyl (C=O) groups excluding carboxylic acids is 1. The largest absolute Gasteiger partial charge is 0.492 e. The van der Waals surface area contributed by atoms with Crippen molar-refractivity contribution in [3.05, 3.63) is 29.8 Å². The third-order valence-electron chi connectivity index (χ3n) is 5.70. The average molecular weight is 426 g/mol. The van der Waals surface area contributed by atoms with Gasteiger partial charge in [-0.25, -0.2) is 5.43 Å². The van der Waals surface area contributed by atoms with Gasteiger partial charge in [-0.3, -0.25) is 9.69 Å². The molecule has 1 aliphatic carbocycles. The van der Waals surface area contributed by atoms with Gasteiger partial charge in [0.2, 0.25) is 5.91 Å². The lowest BCUT2D eigenvalue weighted by Gasteiger charge is -2.26. The molecule has 0 aromatic heterocycles. The van der Waals surface area contributed by atoms with Crippen molar-refractivity contribution in [3.63, 3.8) is 0 Å². The first-order chi connectivity index (χ1) is 13.4. The topological polar surface area (TPSA) is 53.9 Å². The zero-order valence-corrected chi connectivity index (χ0v) is 18.2. The fourth-order valence-corrected chi connectivity index (χ4v) is 4.16. The minimum Gasteiger partial charge on any atom is -0.492 e. The van der Waals surface area contributed by atoms with Crippen LogP contribution < -0.4 is 10.2 Å². The molecule has 1 amide bonds. The van der Waals surface area contributed by atoms with Crippen LogP contribution in [0.2, 0.25) is 0 Å². The highest BCUT2D eigenvalue weighted by Crippen LogP contribution is 2.63. The third kappa shape index (κ3) is 5.00. The quantitative estimate of drug-likeness (QED) is 0.382. The summed E-state index contributed by atoms with van der Waals surface area (Å²) in [5.74, 6) is 0.598. The predicted molar refractivity (Wildman–Crippen MR) is 114 cm³/mol. The second-order valence-corrected chi connectivity index (χ2v) is 9.33. The first kappa shape index (κ1) is 21.4. The Balaban J connectivity index is 1.51. The van der Waals surface area contributed by atoms with Gasteiger partial charge in [0.1, 0.15) is 16.7 Å². The summed E-state index contributed by atoms with van der Waals surface area (Å²) in [6.07, 6.45) is 5.06. The van der Waals surface area contributed by atoms with Crippen molar-refractivity contribution in [2.24, 2.45) is 10.5 Å². The van der Waals surface area contributed by atoms with E-state index in [2.05, 4.69) is 15.4 Å². The van der Waals surface area contributed by atoms with Crippen molar-refractivity contribution in [2.75, 3.05) is 26.2 Å². The smallest absolute Gasteiger partial charge is 0.249 e. The summed E-state index contributed by atoms with van der Waals surface area (Å²) in [6, 6.07) is 7.83. The normalized spacial score (nSPS) is 24.6. The lowest BCUT2D eigenvalue weighted by atomic mass is 10.1. The Kier molecular flexibility index (Phi) is 6.89. The molecule has 3 rings (SSSR count). The van der Waals surface area contributed by atoms with E-state index in [4.69, 9.17) is 27.9 Å². The average Bonchev–Trinajstić information content (AvgIpc) is 3.23. The van der Waals surface area contributed by atoms with Crippen LogP contribution in [0.1, 0.15) is 51.5 Å². The summed E-state index contributed by atoms with van der Waals surface area (Å²) in [5, 5.41) is 4.29. The molecule has 2 aliphatic rings. The van der Waals surface area contributed by atoms with E-state index in [0.717, 1.165) is 23.6 Å². The third-order valence-corrected chi connectivity index (χ3v) is 6.80. The molecule has 1 aromatic rings. The van der Waals surface area contributed by atoms with Gasteiger partial charge in [0.25, 0.3) is 0 Å². The number of hydrogen-bond donors (Lipinski definition) is 1. The molecule has 1 saturated heterocycles. The first-order valence-electron chi connectivity index (χ1n) is 10.1. The van der Waals surface area contributed by atoms with Gasteiger partial charge in [-0.05, 0) is 75.5 Å². The van der Waals surface area contributed by atoms with Gasteiger partial charge in [0.05, 0.1) is 11.1 Å². The number of amides is 1. The SMILES string of the molecule is CC/C(=N\NC(=O)C1(C)CC1(Cl)Cl)c1ccc(OCCN2CCCCC2)cc1. The van der Waals surface area contributed by atoms with Gasteiger partial charge in [-0.1, -0.05) is 13.3 Å². The van der Waals surface area contributed by atoms with Crippen LogP contribution >= 0.6 is 23.2 Å². The molecule has 7 heteroatoms. The second kappa shape index (κ2) is 9.02. The van der Waals surface area contributed by atoms with Crippen molar-refractivity contribution >= 4 is 34.8 Å². The van der Waals surface area contributed by atoms with Gasteiger partial charge in [0, 0.05) is 6.54 Å². The number of halogens is 2. The summed E-state index contributed by atoms with van der Waals surface area (Å²) in [6.45, 7) is 7.77. The minimum atomic E-state index is -0.994. The standard InChI is InChI=1S/C21H29Cl2N3O2/c1-3-18(24-25-19(27)20(2)15-21(20,22)23)16-7-9-17(10-8-16)28-14-13-26-11-5-4-6-12-26/h7-10H,3-6,11-15H2,1-2H3,(H,25,27)/b24-18+. The molecule has 154 valence electrons. The van der Waals surface area contributed by atoms with Crippen molar-refractivity contribution in [3.8, 4) is 5.75 Å². The lowest BCUT2D eigenvalue weighted by Crippen LogP contribution is -2.33. The number of benzene rings is 1. The number of rotatable bonds is 8. The number of ether oxygens (including phenoxy) is 1. The van der Waals surface area contributed by atoms with Crippen LogP contribution in [0.5, 0.6) is 5.75 Å². The van der Waals surface area contributed by atoms with Crippen molar-refractivity contribution < 1.29 is 9.53 Å². The van der Waals surface area contributed by atoms with E-state index in [9.17, 15) is 4.79 Å². The molecule has 1 N–H and O–H groups in total. The molecule has 28 heavy (non-hydrogen) atoms. The van der Waals surface area contributed by atoms with Crippen LogP contribution in [-0.4, -0.2) is 47.1 Å². The fourth-order valence-electron chi connectivity index (χ4n) is 3.45. The Bertz CT molecular complexity index is 715. The van der Waals surface area contributed by atoms with Crippen LogP contribution in [0.4, 0.5) is 0 Å². The Morgan fingerprint density at radius 3 is 2.43 bits per heavy atom. The van der Waals surface area contributed by atoms with Crippen molar-refractivity contribution in [2.45, 2.75) is 50.3 Å².